The molecule has 0 saturated heterocycles. The smallest absolute Gasteiger partial charge is 0.289 e. The molecule has 28 heavy (non-hydrogen) atoms. The molecule has 3 aromatic rings. The highest BCUT2D eigenvalue weighted by molar-refractivity contribution is 7.90. The van der Waals surface area contributed by atoms with Gasteiger partial charge in [-0.05, 0) is 45.0 Å². The Kier molecular flexibility index (Phi) is 5.51. The molecule has 0 spiro atoms. The molecule has 0 fully saturated rings. The fraction of sp³-hybridized carbons (Fsp3) is 0.200. The van der Waals surface area contributed by atoms with Crippen LogP contribution in [0.3, 0.4) is 0 Å². The van der Waals surface area contributed by atoms with Gasteiger partial charge in [0, 0.05) is 11.7 Å². The Morgan fingerprint density at radius 1 is 1.07 bits per heavy atom. The molecular formula is C20H21N3O4S. The standard InChI is InChI=1S/C20H21N3O4S/c1-14(2)23(16-7-5-4-6-8-16)20-18(21-13-27-20)19(24)22-28(25,26)17-11-9-15(3)10-12-17/h4-14H,1-3H3,(H,22,24). The first kappa shape index (κ1) is 19.6. The number of sulfonamides is 1. The van der Waals surface area contributed by atoms with Crippen molar-refractivity contribution in [3.63, 3.8) is 0 Å². The number of carbonyl (C=O) groups excluding carboxylic acids is 1. The lowest BCUT2D eigenvalue weighted by molar-refractivity contribution is 0.0977. The van der Waals surface area contributed by atoms with Gasteiger partial charge in [-0.1, -0.05) is 35.9 Å². The van der Waals surface area contributed by atoms with Crippen molar-refractivity contribution in [3.8, 4) is 0 Å². The van der Waals surface area contributed by atoms with Gasteiger partial charge in [0.25, 0.3) is 15.9 Å². The second-order valence-electron chi connectivity index (χ2n) is 6.55. The Morgan fingerprint density at radius 3 is 2.32 bits per heavy atom. The Hall–Kier alpha value is -3.13. The van der Waals surface area contributed by atoms with Crippen molar-refractivity contribution in [2.24, 2.45) is 0 Å². The first-order valence-electron chi connectivity index (χ1n) is 8.71. The molecule has 0 aliphatic rings. The molecule has 0 atom stereocenters. The fourth-order valence-electron chi connectivity index (χ4n) is 2.75. The number of aryl methyl sites for hydroxylation is 1. The zero-order chi connectivity index (χ0) is 20.3. The monoisotopic (exact) mass is 399 g/mol. The van der Waals surface area contributed by atoms with E-state index in [0.717, 1.165) is 17.6 Å². The number of amides is 1. The lowest BCUT2D eigenvalue weighted by Gasteiger charge is -2.26. The summed E-state index contributed by atoms with van der Waals surface area (Å²) in [5, 5.41) is 0. The fourth-order valence-corrected chi connectivity index (χ4v) is 3.70. The molecule has 1 N–H and O–H groups in total. The number of nitrogens with one attached hydrogen (secondary N) is 1. The van der Waals surface area contributed by atoms with Gasteiger partial charge in [0.05, 0.1) is 4.90 Å². The maximum absolute atomic E-state index is 12.7. The summed E-state index contributed by atoms with van der Waals surface area (Å²) in [6.45, 7) is 5.71. The molecule has 3 rings (SSSR count). The third-order valence-corrected chi connectivity index (χ3v) is 5.44. The van der Waals surface area contributed by atoms with Crippen molar-refractivity contribution < 1.29 is 17.6 Å². The average Bonchev–Trinajstić information content (AvgIpc) is 3.12. The number of anilines is 2. The SMILES string of the molecule is Cc1ccc(S(=O)(=O)NC(=O)c2ncoc2N(c2ccccc2)C(C)C)cc1. The van der Waals surface area contributed by atoms with E-state index in [1.165, 1.54) is 12.1 Å². The molecular weight excluding hydrogens is 378 g/mol. The molecule has 7 nitrogen and oxygen atoms in total. The van der Waals surface area contributed by atoms with Crippen molar-refractivity contribution in [1.29, 1.82) is 0 Å². The van der Waals surface area contributed by atoms with E-state index in [0.29, 0.717) is 0 Å². The molecule has 2 aromatic carbocycles. The Morgan fingerprint density at radius 2 is 1.71 bits per heavy atom. The predicted molar refractivity (Wildman–Crippen MR) is 106 cm³/mol. The zero-order valence-electron chi connectivity index (χ0n) is 15.8. The van der Waals surface area contributed by atoms with Crippen LogP contribution in [0.5, 0.6) is 0 Å². The van der Waals surface area contributed by atoms with E-state index in [2.05, 4.69) is 9.71 Å². The number of hydrogen-bond donors (Lipinski definition) is 1. The van der Waals surface area contributed by atoms with Gasteiger partial charge in [-0.15, -0.1) is 0 Å². The van der Waals surface area contributed by atoms with Crippen LogP contribution in [-0.4, -0.2) is 25.4 Å². The van der Waals surface area contributed by atoms with Crippen molar-refractivity contribution in [2.75, 3.05) is 4.90 Å². The average molecular weight is 399 g/mol. The maximum atomic E-state index is 12.7. The minimum absolute atomic E-state index is 0.000250. The summed E-state index contributed by atoms with van der Waals surface area (Å²) in [4.78, 5) is 18.4. The normalized spacial score (nSPS) is 11.4. The highest BCUT2D eigenvalue weighted by Crippen LogP contribution is 2.30. The molecule has 0 saturated carbocycles. The number of carbonyl (C=O) groups is 1. The highest BCUT2D eigenvalue weighted by atomic mass is 32.2. The van der Waals surface area contributed by atoms with Crippen LogP contribution in [0.4, 0.5) is 11.6 Å². The van der Waals surface area contributed by atoms with Crippen molar-refractivity contribution in [1.82, 2.24) is 9.71 Å². The lowest BCUT2D eigenvalue weighted by atomic mass is 10.2. The number of para-hydroxylation sites is 1. The Bertz CT molecular complexity index is 1060. The van der Waals surface area contributed by atoms with E-state index in [1.807, 2.05) is 51.1 Å². The zero-order valence-corrected chi connectivity index (χ0v) is 16.6. The summed E-state index contributed by atoms with van der Waals surface area (Å²) in [6.07, 6.45) is 1.13. The number of nitrogens with zero attached hydrogens (tertiary/aromatic N) is 2. The maximum Gasteiger partial charge on any atom is 0.289 e. The summed E-state index contributed by atoms with van der Waals surface area (Å²) in [5.41, 5.74) is 1.61. The third-order valence-electron chi connectivity index (χ3n) is 4.09. The second kappa shape index (κ2) is 7.85. The molecule has 0 aliphatic heterocycles. The highest BCUT2D eigenvalue weighted by Gasteiger charge is 2.28. The molecule has 0 radical (unpaired) electrons. The molecule has 1 amide bonds. The second-order valence-corrected chi connectivity index (χ2v) is 8.24. The molecule has 0 bridgehead atoms. The predicted octanol–water partition coefficient (Wildman–Crippen LogP) is 3.65. The number of rotatable bonds is 6. The van der Waals surface area contributed by atoms with Crippen LogP contribution in [0.2, 0.25) is 0 Å². The van der Waals surface area contributed by atoms with Crippen LogP contribution in [0.1, 0.15) is 29.9 Å². The van der Waals surface area contributed by atoms with Gasteiger partial charge in [-0.2, -0.15) is 0 Å². The van der Waals surface area contributed by atoms with Gasteiger partial charge in [-0.25, -0.2) is 18.1 Å². The van der Waals surface area contributed by atoms with Crippen LogP contribution in [0.15, 0.2) is 70.3 Å². The minimum atomic E-state index is -4.03. The topological polar surface area (TPSA) is 92.5 Å². The number of hydrogen-bond acceptors (Lipinski definition) is 6. The van der Waals surface area contributed by atoms with E-state index < -0.39 is 15.9 Å². The third kappa shape index (κ3) is 4.07. The lowest BCUT2D eigenvalue weighted by Crippen LogP contribution is -2.33. The summed E-state index contributed by atoms with van der Waals surface area (Å²) in [5.74, 6) is -0.677. The van der Waals surface area contributed by atoms with Crippen LogP contribution < -0.4 is 9.62 Å². The van der Waals surface area contributed by atoms with E-state index in [-0.39, 0.29) is 22.5 Å². The molecule has 0 aliphatic carbocycles. The first-order chi connectivity index (χ1) is 13.3. The van der Waals surface area contributed by atoms with Crippen molar-refractivity contribution >= 4 is 27.5 Å². The number of benzene rings is 2. The molecule has 1 heterocycles. The number of oxazole rings is 1. The van der Waals surface area contributed by atoms with Gasteiger partial charge in [-0.3, -0.25) is 4.79 Å². The Labute approximate surface area is 164 Å². The van der Waals surface area contributed by atoms with Crippen LogP contribution in [0, 0.1) is 6.92 Å². The van der Waals surface area contributed by atoms with E-state index in [9.17, 15) is 13.2 Å². The Balaban J connectivity index is 1.92. The van der Waals surface area contributed by atoms with Crippen molar-refractivity contribution in [3.05, 3.63) is 72.2 Å². The van der Waals surface area contributed by atoms with Crippen LogP contribution in [-0.2, 0) is 10.0 Å². The van der Waals surface area contributed by atoms with E-state index in [1.54, 1.807) is 17.0 Å². The van der Waals surface area contributed by atoms with Gasteiger partial charge in [0.1, 0.15) is 0 Å². The molecule has 1 aromatic heterocycles. The molecule has 8 heteroatoms. The minimum Gasteiger partial charge on any atom is -0.427 e. The quantitative estimate of drug-likeness (QED) is 0.680. The first-order valence-corrected chi connectivity index (χ1v) is 10.2. The van der Waals surface area contributed by atoms with E-state index >= 15 is 0 Å². The van der Waals surface area contributed by atoms with Crippen LogP contribution in [0.25, 0.3) is 0 Å². The van der Waals surface area contributed by atoms with Crippen molar-refractivity contribution in [2.45, 2.75) is 31.7 Å². The summed E-state index contributed by atoms with van der Waals surface area (Å²) >= 11 is 0. The number of aromatic nitrogens is 1. The van der Waals surface area contributed by atoms with Gasteiger partial charge >= 0.3 is 0 Å². The van der Waals surface area contributed by atoms with Gasteiger partial charge in [0.15, 0.2) is 12.1 Å². The van der Waals surface area contributed by atoms with Crippen LogP contribution >= 0.6 is 0 Å². The summed E-state index contributed by atoms with van der Waals surface area (Å²) in [7, 11) is -4.03. The van der Waals surface area contributed by atoms with Gasteiger partial charge < -0.3 is 9.32 Å². The molecule has 146 valence electrons. The largest absolute Gasteiger partial charge is 0.427 e. The van der Waals surface area contributed by atoms with E-state index in [4.69, 9.17) is 4.42 Å². The van der Waals surface area contributed by atoms with Gasteiger partial charge in [0.2, 0.25) is 5.88 Å². The summed E-state index contributed by atoms with van der Waals surface area (Å²) in [6, 6.07) is 15.5. The summed E-state index contributed by atoms with van der Waals surface area (Å²) < 4.78 is 32.6. The molecule has 0 unspecified atom stereocenters.